The van der Waals surface area contributed by atoms with Gasteiger partial charge in [0.2, 0.25) is 0 Å². The van der Waals surface area contributed by atoms with Crippen molar-refractivity contribution < 1.29 is 28.2 Å². The van der Waals surface area contributed by atoms with Crippen LogP contribution >= 0.6 is 11.8 Å². The van der Waals surface area contributed by atoms with Crippen LogP contribution in [-0.2, 0) is 20.9 Å². The number of unbranched alkanes of at least 4 members (excludes halogenated alkanes) is 1. The molecule has 162 valence electrons. The molecule has 2 amide bonds. The number of rotatable bonds is 9. The molecule has 0 aromatic heterocycles. The molecule has 1 fully saturated rings. The third-order valence-corrected chi connectivity index (χ3v) is 5.33. The number of imide groups is 1. The van der Waals surface area contributed by atoms with Gasteiger partial charge in [0.25, 0.3) is 11.1 Å². The fraction of sp³-hybridized carbons (Fsp3) is 0.261. The molecule has 8 heteroatoms. The Morgan fingerprint density at radius 3 is 2.48 bits per heavy atom. The molecule has 0 saturated carbocycles. The van der Waals surface area contributed by atoms with Gasteiger partial charge in [-0.3, -0.25) is 19.3 Å². The molecule has 1 heterocycles. The summed E-state index contributed by atoms with van der Waals surface area (Å²) in [5.41, 5.74) is 1.55. The van der Waals surface area contributed by atoms with Crippen molar-refractivity contribution in [3.05, 3.63) is 70.4 Å². The molecule has 0 N–H and O–H groups in total. The molecule has 2 aromatic carbocycles. The number of nitrogens with zero attached hydrogens (tertiary/aromatic N) is 1. The number of carbonyl (C=O) groups excluding carboxylic acids is 3. The molecule has 6 nitrogen and oxygen atoms in total. The molecule has 3 rings (SSSR count). The average Bonchev–Trinajstić information content (AvgIpc) is 3.02. The van der Waals surface area contributed by atoms with Crippen LogP contribution in [0.2, 0.25) is 0 Å². The molecule has 0 aliphatic carbocycles. The lowest BCUT2D eigenvalue weighted by molar-refractivity contribution is -0.146. The van der Waals surface area contributed by atoms with Crippen molar-refractivity contribution in [3.8, 4) is 5.75 Å². The Labute approximate surface area is 184 Å². The second-order valence-corrected chi connectivity index (χ2v) is 7.82. The third kappa shape index (κ3) is 6.42. The highest BCUT2D eigenvalue weighted by atomic mass is 32.2. The first-order valence-electron chi connectivity index (χ1n) is 9.84. The fourth-order valence-corrected chi connectivity index (χ4v) is 3.54. The van der Waals surface area contributed by atoms with E-state index >= 15 is 0 Å². The molecule has 1 aliphatic heterocycles. The van der Waals surface area contributed by atoms with Crippen molar-refractivity contribution in [1.29, 1.82) is 0 Å². The molecule has 0 unspecified atom stereocenters. The quantitative estimate of drug-likeness (QED) is 0.315. The molecular weight excluding hydrogens is 421 g/mol. The zero-order chi connectivity index (χ0) is 22.2. The lowest BCUT2D eigenvalue weighted by atomic mass is 10.2. The number of carbonyl (C=O) groups is 3. The Morgan fingerprint density at radius 2 is 1.81 bits per heavy atom. The maximum atomic E-state index is 12.9. The van der Waals surface area contributed by atoms with Crippen molar-refractivity contribution in [2.24, 2.45) is 0 Å². The fourth-order valence-electron chi connectivity index (χ4n) is 2.70. The van der Waals surface area contributed by atoms with Crippen molar-refractivity contribution in [3.63, 3.8) is 0 Å². The summed E-state index contributed by atoms with van der Waals surface area (Å²) < 4.78 is 23.6. The van der Waals surface area contributed by atoms with Gasteiger partial charge in [-0.2, -0.15) is 0 Å². The zero-order valence-electron chi connectivity index (χ0n) is 17.0. The largest absolute Gasteiger partial charge is 0.489 e. The summed E-state index contributed by atoms with van der Waals surface area (Å²) in [5.74, 6) is -0.797. The number of ether oxygens (including phenoxy) is 2. The smallest absolute Gasteiger partial charge is 0.326 e. The van der Waals surface area contributed by atoms with Gasteiger partial charge in [-0.15, -0.1) is 0 Å². The van der Waals surface area contributed by atoms with Crippen molar-refractivity contribution in [2.75, 3.05) is 13.2 Å². The van der Waals surface area contributed by atoms with E-state index in [2.05, 4.69) is 0 Å². The van der Waals surface area contributed by atoms with Gasteiger partial charge in [-0.1, -0.05) is 37.6 Å². The van der Waals surface area contributed by atoms with Crippen molar-refractivity contribution in [1.82, 2.24) is 4.90 Å². The third-order valence-electron chi connectivity index (χ3n) is 4.42. The monoisotopic (exact) mass is 443 g/mol. The maximum absolute atomic E-state index is 12.9. The summed E-state index contributed by atoms with van der Waals surface area (Å²) in [5, 5.41) is -0.497. The second-order valence-electron chi connectivity index (χ2n) is 6.83. The van der Waals surface area contributed by atoms with Crippen LogP contribution in [0.4, 0.5) is 9.18 Å². The van der Waals surface area contributed by atoms with Crippen molar-refractivity contribution in [2.45, 2.75) is 26.4 Å². The molecule has 2 aromatic rings. The Kier molecular flexibility index (Phi) is 7.83. The first-order valence-corrected chi connectivity index (χ1v) is 10.7. The topological polar surface area (TPSA) is 72.9 Å². The summed E-state index contributed by atoms with van der Waals surface area (Å²) in [6.45, 7) is 2.16. The number of hydrogen-bond donors (Lipinski definition) is 0. The number of hydrogen-bond acceptors (Lipinski definition) is 6. The van der Waals surface area contributed by atoms with Crippen LogP contribution in [0.25, 0.3) is 6.08 Å². The SMILES string of the molecule is CCCCOC(=O)CN1C(=O)S/C(=C\c2ccc(OCc3ccc(F)cc3)cc2)C1=O. The van der Waals surface area contributed by atoms with Gasteiger partial charge in [0, 0.05) is 0 Å². The number of esters is 1. The van der Waals surface area contributed by atoms with Gasteiger partial charge < -0.3 is 9.47 Å². The number of halogens is 1. The molecule has 1 aliphatic rings. The van der Waals surface area contributed by atoms with E-state index in [4.69, 9.17) is 9.47 Å². The minimum Gasteiger partial charge on any atom is -0.489 e. The summed E-state index contributed by atoms with van der Waals surface area (Å²) in [7, 11) is 0. The lowest BCUT2D eigenvalue weighted by Gasteiger charge is -2.11. The van der Waals surface area contributed by atoms with E-state index in [-0.39, 0.29) is 23.9 Å². The summed E-state index contributed by atoms with van der Waals surface area (Å²) in [6.07, 6.45) is 3.21. The molecule has 1 saturated heterocycles. The highest BCUT2D eigenvalue weighted by Crippen LogP contribution is 2.32. The van der Waals surface area contributed by atoms with Crippen LogP contribution < -0.4 is 4.74 Å². The maximum Gasteiger partial charge on any atom is 0.326 e. The van der Waals surface area contributed by atoms with E-state index in [9.17, 15) is 18.8 Å². The van der Waals surface area contributed by atoms with Gasteiger partial charge in [0.15, 0.2) is 0 Å². The van der Waals surface area contributed by atoms with Crippen LogP contribution in [0.1, 0.15) is 30.9 Å². The van der Waals surface area contributed by atoms with E-state index in [1.807, 2.05) is 6.92 Å². The van der Waals surface area contributed by atoms with E-state index in [1.165, 1.54) is 12.1 Å². The van der Waals surface area contributed by atoms with E-state index < -0.39 is 17.1 Å². The van der Waals surface area contributed by atoms with Gasteiger partial charge in [0.05, 0.1) is 11.5 Å². The molecule has 0 spiro atoms. The van der Waals surface area contributed by atoms with Crippen molar-refractivity contribution >= 4 is 35.0 Å². The Morgan fingerprint density at radius 1 is 1.10 bits per heavy atom. The molecule has 0 atom stereocenters. The van der Waals surface area contributed by atoms with Crippen LogP contribution in [-0.4, -0.2) is 35.2 Å². The Hall–Kier alpha value is -3.13. The van der Waals surface area contributed by atoms with Gasteiger partial charge in [-0.25, -0.2) is 4.39 Å². The molecule has 0 bridgehead atoms. The highest BCUT2D eigenvalue weighted by Gasteiger charge is 2.36. The molecule has 0 radical (unpaired) electrons. The number of thioether (sulfide) groups is 1. The summed E-state index contributed by atoms with van der Waals surface area (Å²) in [6, 6.07) is 13.0. The first kappa shape index (κ1) is 22.6. The van der Waals surface area contributed by atoms with Crippen LogP contribution in [0, 0.1) is 5.82 Å². The molecular formula is C23H22FNO5S. The predicted molar refractivity (Wildman–Crippen MR) is 116 cm³/mol. The minimum absolute atomic E-state index is 0.242. The number of benzene rings is 2. The summed E-state index contributed by atoms with van der Waals surface area (Å²) >= 11 is 0.789. The Bertz CT molecular complexity index is 972. The minimum atomic E-state index is -0.598. The van der Waals surface area contributed by atoms with E-state index in [0.717, 1.165) is 35.1 Å². The predicted octanol–water partition coefficient (Wildman–Crippen LogP) is 4.78. The summed E-state index contributed by atoms with van der Waals surface area (Å²) in [4.78, 5) is 37.6. The first-order chi connectivity index (χ1) is 15.0. The van der Waals surface area contributed by atoms with Crippen LogP contribution in [0.3, 0.4) is 0 Å². The normalized spacial score (nSPS) is 14.9. The second kappa shape index (κ2) is 10.8. The van der Waals surface area contributed by atoms with Crippen LogP contribution in [0.5, 0.6) is 5.75 Å². The van der Waals surface area contributed by atoms with E-state index in [1.54, 1.807) is 42.5 Å². The Balaban J connectivity index is 1.57. The van der Waals surface area contributed by atoms with E-state index in [0.29, 0.717) is 17.9 Å². The van der Waals surface area contributed by atoms with Gasteiger partial charge in [0.1, 0.15) is 24.7 Å². The molecule has 31 heavy (non-hydrogen) atoms. The standard InChI is InChI=1S/C23H22FNO5S/c1-2-3-12-29-21(26)14-25-22(27)20(31-23(25)28)13-16-6-10-19(11-7-16)30-15-17-4-8-18(24)9-5-17/h4-11,13H,2-3,12,14-15H2,1H3/b20-13-. The van der Waals surface area contributed by atoms with Crippen LogP contribution in [0.15, 0.2) is 53.4 Å². The number of amides is 2. The van der Waals surface area contributed by atoms with Gasteiger partial charge >= 0.3 is 5.97 Å². The zero-order valence-corrected chi connectivity index (χ0v) is 17.8. The van der Waals surface area contributed by atoms with Gasteiger partial charge in [-0.05, 0) is 59.7 Å². The highest BCUT2D eigenvalue weighted by molar-refractivity contribution is 8.18. The lowest BCUT2D eigenvalue weighted by Crippen LogP contribution is -2.34. The average molecular weight is 443 g/mol.